The molecule has 5 nitrogen and oxygen atoms in total. The Morgan fingerprint density at radius 2 is 1.62 bits per heavy atom. The van der Waals surface area contributed by atoms with Gasteiger partial charge in [0.1, 0.15) is 0 Å². The highest BCUT2D eigenvalue weighted by Gasteiger charge is 2.29. The van der Waals surface area contributed by atoms with Crippen LogP contribution in [0.5, 0.6) is 0 Å². The summed E-state index contributed by atoms with van der Waals surface area (Å²) in [7, 11) is 0. The number of rotatable bonds is 7. The van der Waals surface area contributed by atoms with Crippen molar-refractivity contribution in [3.8, 4) is 0 Å². The zero-order valence-corrected chi connectivity index (χ0v) is 17.9. The number of nitrogens with zero attached hydrogens (tertiary/aromatic N) is 2. The van der Waals surface area contributed by atoms with Crippen molar-refractivity contribution >= 4 is 17.6 Å². The van der Waals surface area contributed by atoms with E-state index in [2.05, 4.69) is 6.07 Å². The molecule has 1 aromatic carbocycles. The van der Waals surface area contributed by atoms with E-state index in [1.807, 2.05) is 35.8 Å². The number of amides is 2. The Labute approximate surface area is 174 Å². The summed E-state index contributed by atoms with van der Waals surface area (Å²) >= 11 is 0. The lowest BCUT2D eigenvalue weighted by molar-refractivity contribution is -0.140. The van der Waals surface area contributed by atoms with Gasteiger partial charge in [-0.3, -0.25) is 14.4 Å². The smallest absolute Gasteiger partial charge is 0.225 e. The van der Waals surface area contributed by atoms with Crippen molar-refractivity contribution in [2.24, 2.45) is 5.92 Å². The van der Waals surface area contributed by atoms with Crippen molar-refractivity contribution in [2.75, 3.05) is 26.2 Å². The van der Waals surface area contributed by atoms with Gasteiger partial charge >= 0.3 is 0 Å². The Kier molecular flexibility index (Phi) is 7.45. The maximum absolute atomic E-state index is 12.6. The summed E-state index contributed by atoms with van der Waals surface area (Å²) in [6, 6.07) is 6.04. The van der Waals surface area contributed by atoms with Crippen LogP contribution in [-0.2, 0) is 22.4 Å². The van der Waals surface area contributed by atoms with E-state index in [-0.39, 0.29) is 36.4 Å². The monoisotopic (exact) mass is 398 g/mol. The van der Waals surface area contributed by atoms with E-state index in [9.17, 15) is 14.4 Å². The van der Waals surface area contributed by atoms with Gasteiger partial charge in [-0.25, -0.2) is 0 Å². The fourth-order valence-corrected chi connectivity index (χ4v) is 4.60. The van der Waals surface area contributed by atoms with E-state index in [0.717, 1.165) is 44.3 Å². The van der Waals surface area contributed by atoms with Crippen LogP contribution in [0.1, 0.15) is 73.9 Å². The van der Waals surface area contributed by atoms with Gasteiger partial charge in [-0.15, -0.1) is 0 Å². The van der Waals surface area contributed by atoms with Gasteiger partial charge < -0.3 is 9.80 Å². The van der Waals surface area contributed by atoms with Gasteiger partial charge in [0.2, 0.25) is 11.8 Å². The molecule has 0 atom stereocenters. The molecule has 3 rings (SSSR count). The summed E-state index contributed by atoms with van der Waals surface area (Å²) in [6.45, 7) is 6.70. The van der Waals surface area contributed by atoms with Gasteiger partial charge in [-0.05, 0) is 69.6 Å². The number of aryl methyl sites for hydroxylation is 2. The second kappa shape index (κ2) is 10.0. The SMILES string of the molecule is CCN(CC)C(=O)C1CCN(C(=O)CCC(=O)c2ccc3c(c2)CCCC3)CC1. The van der Waals surface area contributed by atoms with Gasteiger partial charge in [0, 0.05) is 50.5 Å². The highest BCUT2D eigenvalue weighted by atomic mass is 16.2. The zero-order valence-electron chi connectivity index (χ0n) is 17.9. The Morgan fingerprint density at radius 1 is 0.966 bits per heavy atom. The van der Waals surface area contributed by atoms with Crippen molar-refractivity contribution in [2.45, 2.75) is 65.2 Å². The lowest BCUT2D eigenvalue weighted by atomic mass is 9.89. The van der Waals surface area contributed by atoms with Crippen LogP contribution < -0.4 is 0 Å². The predicted molar refractivity (Wildman–Crippen MR) is 114 cm³/mol. The molecule has 1 aliphatic carbocycles. The van der Waals surface area contributed by atoms with Crippen LogP contribution in [0.25, 0.3) is 0 Å². The molecule has 1 aliphatic heterocycles. The number of Topliss-reactive ketones (excluding diaryl/α,β-unsaturated/α-hetero) is 1. The van der Waals surface area contributed by atoms with Crippen LogP contribution in [0.2, 0.25) is 0 Å². The first-order valence-corrected chi connectivity index (χ1v) is 11.2. The third kappa shape index (κ3) is 5.26. The number of carbonyl (C=O) groups excluding carboxylic acids is 3. The third-order valence-corrected chi connectivity index (χ3v) is 6.51. The third-order valence-electron chi connectivity index (χ3n) is 6.51. The summed E-state index contributed by atoms with van der Waals surface area (Å²) in [5.41, 5.74) is 3.40. The van der Waals surface area contributed by atoms with Crippen LogP contribution >= 0.6 is 0 Å². The minimum atomic E-state index is 0.0241. The molecule has 158 valence electrons. The predicted octanol–water partition coefficient (Wildman–Crippen LogP) is 3.64. The average Bonchev–Trinajstić information content (AvgIpc) is 2.77. The number of likely N-dealkylation sites (tertiary alicyclic amines) is 1. The zero-order chi connectivity index (χ0) is 20.8. The number of benzene rings is 1. The molecule has 0 bridgehead atoms. The summed E-state index contributed by atoms with van der Waals surface area (Å²) in [6.07, 6.45) is 6.54. The van der Waals surface area contributed by atoms with Gasteiger partial charge in [-0.1, -0.05) is 12.1 Å². The molecule has 0 radical (unpaired) electrons. The molecule has 1 saturated heterocycles. The number of carbonyl (C=O) groups is 3. The largest absolute Gasteiger partial charge is 0.343 e. The standard InChI is InChI=1S/C24H34N2O3/c1-3-25(4-2)24(29)19-13-15-26(16-14-19)23(28)12-11-22(27)21-10-9-18-7-5-6-8-20(18)17-21/h9-10,17,19H,3-8,11-16H2,1-2H3. The molecule has 0 saturated carbocycles. The highest BCUT2D eigenvalue weighted by molar-refractivity contribution is 5.98. The average molecular weight is 399 g/mol. The number of hydrogen-bond donors (Lipinski definition) is 0. The molecule has 1 aromatic rings. The highest BCUT2D eigenvalue weighted by Crippen LogP contribution is 2.24. The first-order chi connectivity index (χ1) is 14.0. The molecule has 0 spiro atoms. The molecule has 2 aliphatic rings. The fourth-order valence-electron chi connectivity index (χ4n) is 4.60. The molecule has 0 unspecified atom stereocenters. The number of hydrogen-bond acceptors (Lipinski definition) is 3. The minimum absolute atomic E-state index is 0.0241. The molecular weight excluding hydrogens is 364 g/mol. The topological polar surface area (TPSA) is 57.7 Å². The van der Waals surface area contributed by atoms with Crippen molar-refractivity contribution in [3.63, 3.8) is 0 Å². The quantitative estimate of drug-likeness (QED) is 0.659. The van der Waals surface area contributed by atoms with E-state index in [0.29, 0.717) is 13.1 Å². The van der Waals surface area contributed by atoms with E-state index in [4.69, 9.17) is 0 Å². The van der Waals surface area contributed by atoms with Crippen molar-refractivity contribution in [3.05, 3.63) is 34.9 Å². The van der Waals surface area contributed by atoms with Crippen molar-refractivity contribution < 1.29 is 14.4 Å². The number of piperidine rings is 1. The van der Waals surface area contributed by atoms with Gasteiger partial charge in [0.05, 0.1) is 0 Å². The maximum atomic E-state index is 12.6. The van der Waals surface area contributed by atoms with Crippen molar-refractivity contribution in [1.82, 2.24) is 9.80 Å². The van der Waals surface area contributed by atoms with Crippen LogP contribution in [0, 0.1) is 5.92 Å². The minimum Gasteiger partial charge on any atom is -0.343 e. The molecule has 1 heterocycles. The normalized spacial score (nSPS) is 17.0. The lowest BCUT2D eigenvalue weighted by Crippen LogP contribution is -2.44. The molecule has 2 amide bonds. The molecular formula is C24H34N2O3. The van der Waals surface area contributed by atoms with Gasteiger partial charge in [0.25, 0.3) is 0 Å². The first kappa shape index (κ1) is 21.5. The van der Waals surface area contributed by atoms with Crippen LogP contribution in [-0.4, -0.2) is 53.6 Å². The van der Waals surface area contributed by atoms with Gasteiger partial charge in [0.15, 0.2) is 5.78 Å². The molecule has 5 heteroatoms. The Hall–Kier alpha value is -2.17. The molecule has 1 fully saturated rings. The van der Waals surface area contributed by atoms with Gasteiger partial charge in [-0.2, -0.15) is 0 Å². The molecule has 0 N–H and O–H groups in total. The van der Waals surface area contributed by atoms with Crippen LogP contribution in [0.3, 0.4) is 0 Å². The first-order valence-electron chi connectivity index (χ1n) is 11.2. The molecule has 29 heavy (non-hydrogen) atoms. The van der Waals surface area contributed by atoms with Crippen molar-refractivity contribution in [1.29, 1.82) is 0 Å². The molecule has 0 aromatic heterocycles. The second-order valence-corrected chi connectivity index (χ2v) is 8.28. The fraction of sp³-hybridized carbons (Fsp3) is 0.625. The van der Waals surface area contributed by atoms with Crippen LogP contribution in [0.4, 0.5) is 0 Å². The number of fused-ring (bicyclic) bond motifs is 1. The maximum Gasteiger partial charge on any atom is 0.225 e. The second-order valence-electron chi connectivity index (χ2n) is 8.28. The lowest BCUT2D eigenvalue weighted by Gasteiger charge is -2.33. The van der Waals surface area contributed by atoms with E-state index in [1.165, 1.54) is 24.0 Å². The Morgan fingerprint density at radius 3 is 2.28 bits per heavy atom. The number of ketones is 1. The summed E-state index contributed by atoms with van der Waals surface area (Å²) in [5.74, 6) is 0.323. The van der Waals surface area contributed by atoms with Crippen LogP contribution in [0.15, 0.2) is 18.2 Å². The summed E-state index contributed by atoms with van der Waals surface area (Å²) in [5, 5.41) is 0. The van der Waals surface area contributed by atoms with E-state index in [1.54, 1.807) is 0 Å². The Balaban J connectivity index is 1.46. The summed E-state index contributed by atoms with van der Waals surface area (Å²) < 4.78 is 0. The Bertz CT molecular complexity index is 746. The van der Waals surface area contributed by atoms with E-state index >= 15 is 0 Å². The summed E-state index contributed by atoms with van der Waals surface area (Å²) in [4.78, 5) is 41.3. The van der Waals surface area contributed by atoms with E-state index < -0.39 is 0 Å².